The highest BCUT2D eigenvalue weighted by Gasteiger charge is 2.12. The highest BCUT2D eigenvalue weighted by atomic mass is 28.3. The Morgan fingerprint density at radius 3 is 2.82 bits per heavy atom. The second kappa shape index (κ2) is 5.97. The van der Waals surface area contributed by atoms with Crippen LogP contribution in [0, 0.1) is 0 Å². The molecule has 1 aromatic rings. The molecule has 17 heavy (non-hydrogen) atoms. The summed E-state index contributed by atoms with van der Waals surface area (Å²) in [6.07, 6.45) is 3.27. The molecule has 0 bridgehead atoms. The minimum atomic E-state index is -1.04. The predicted octanol–water partition coefficient (Wildman–Crippen LogP) is 2.15. The first-order chi connectivity index (χ1) is 7.88. The summed E-state index contributed by atoms with van der Waals surface area (Å²) < 4.78 is 7.37. The van der Waals surface area contributed by atoms with E-state index in [9.17, 15) is 4.79 Å². The quantitative estimate of drug-likeness (QED) is 0.626. The van der Waals surface area contributed by atoms with E-state index in [0.29, 0.717) is 12.5 Å². The van der Waals surface area contributed by atoms with Crippen molar-refractivity contribution in [2.75, 3.05) is 11.9 Å². The number of imidazole rings is 1. The molecule has 1 amide bonds. The van der Waals surface area contributed by atoms with Crippen molar-refractivity contribution in [2.45, 2.75) is 39.3 Å². The molecule has 5 nitrogen and oxygen atoms in total. The average molecular weight is 255 g/mol. The lowest BCUT2D eigenvalue weighted by Crippen LogP contribution is -2.22. The van der Waals surface area contributed by atoms with Gasteiger partial charge in [-0.25, -0.2) is 4.98 Å². The highest BCUT2D eigenvalue weighted by Crippen LogP contribution is 2.09. The summed E-state index contributed by atoms with van der Waals surface area (Å²) in [6, 6.07) is 1.14. The third-order valence-electron chi connectivity index (χ3n) is 2.24. The highest BCUT2D eigenvalue weighted by molar-refractivity contribution is 6.76. The van der Waals surface area contributed by atoms with Crippen LogP contribution < -0.4 is 5.32 Å². The standard InChI is InChI=1S/C11H21N3O2Si/c1-10(15)13-11-7-12-8-14(11)9-16-5-6-17(2,3)4/h7-8H,5-6,9H2,1-4H3,(H,13,15). The molecular weight excluding hydrogens is 234 g/mol. The normalized spacial score (nSPS) is 11.5. The number of ether oxygens (including phenoxy) is 1. The van der Waals surface area contributed by atoms with E-state index in [1.807, 2.05) is 0 Å². The molecule has 0 aliphatic heterocycles. The maximum Gasteiger partial charge on any atom is 0.222 e. The maximum atomic E-state index is 10.9. The SMILES string of the molecule is CC(=O)Nc1cncn1COCC[Si](C)(C)C. The Morgan fingerprint density at radius 1 is 1.53 bits per heavy atom. The lowest BCUT2D eigenvalue weighted by Gasteiger charge is -2.16. The molecule has 1 N–H and O–H groups in total. The number of nitrogens with one attached hydrogen (secondary N) is 1. The Balaban J connectivity index is 2.36. The fraction of sp³-hybridized carbons (Fsp3) is 0.636. The van der Waals surface area contributed by atoms with Gasteiger partial charge in [-0.2, -0.15) is 0 Å². The van der Waals surface area contributed by atoms with E-state index in [1.165, 1.54) is 6.92 Å². The van der Waals surface area contributed by atoms with E-state index < -0.39 is 8.07 Å². The largest absolute Gasteiger partial charge is 0.361 e. The van der Waals surface area contributed by atoms with Gasteiger partial charge >= 0.3 is 0 Å². The number of carbonyl (C=O) groups is 1. The van der Waals surface area contributed by atoms with Crippen molar-refractivity contribution >= 4 is 19.8 Å². The van der Waals surface area contributed by atoms with Crippen LogP contribution in [0.3, 0.4) is 0 Å². The summed E-state index contributed by atoms with van der Waals surface area (Å²) in [5, 5.41) is 2.70. The average Bonchev–Trinajstić information content (AvgIpc) is 2.58. The molecule has 0 aliphatic carbocycles. The Labute approximate surface area is 103 Å². The second-order valence-corrected chi connectivity index (χ2v) is 10.9. The van der Waals surface area contributed by atoms with Crippen molar-refractivity contribution in [3.63, 3.8) is 0 Å². The van der Waals surface area contributed by atoms with Gasteiger partial charge in [0.05, 0.1) is 12.5 Å². The van der Waals surface area contributed by atoms with Gasteiger partial charge in [-0.05, 0) is 6.04 Å². The lowest BCUT2D eigenvalue weighted by molar-refractivity contribution is -0.114. The summed E-state index contributed by atoms with van der Waals surface area (Å²) in [7, 11) is -1.04. The van der Waals surface area contributed by atoms with E-state index in [-0.39, 0.29) is 5.91 Å². The molecule has 1 rings (SSSR count). The molecule has 96 valence electrons. The first-order valence-corrected chi connectivity index (χ1v) is 9.45. The zero-order chi connectivity index (χ0) is 12.9. The zero-order valence-electron chi connectivity index (χ0n) is 11.0. The number of amides is 1. The summed E-state index contributed by atoms with van der Waals surface area (Å²) in [6.45, 7) is 9.61. The Morgan fingerprint density at radius 2 is 2.24 bits per heavy atom. The van der Waals surface area contributed by atoms with Crippen LogP contribution in [0.4, 0.5) is 5.82 Å². The van der Waals surface area contributed by atoms with Crippen LogP contribution in [0.5, 0.6) is 0 Å². The van der Waals surface area contributed by atoms with Crippen molar-refractivity contribution in [3.05, 3.63) is 12.5 Å². The summed E-state index contributed by atoms with van der Waals surface area (Å²) >= 11 is 0. The van der Waals surface area contributed by atoms with Gasteiger partial charge < -0.3 is 10.1 Å². The summed E-state index contributed by atoms with van der Waals surface area (Å²) in [4.78, 5) is 14.9. The van der Waals surface area contributed by atoms with Gasteiger partial charge in [0, 0.05) is 21.6 Å². The van der Waals surface area contributed by atoms with Crippen LogP contribution in [0.25, 0.3) is 0 Å². The molecule has 0 aromatic carbocycles. The number of aromatic nitrogens is 2. The maximum absolute atomic E-state index is 10.9. The Hall–Kier alpha value is -1.14. The molecule has 0 saturated heterocycles. The first kappa shape index (κ1) is 13.9. The molecule has 0 fully saturated rings. The van der Waals surface area contributed by atoms with E-state index in [2.05, 4.69) is 29.9 Å². The number of rotatable bonds is 6. The smallest absolute Gasteiger partial charge is 0.222 e. The molecule has 0 radical (unpaired) electrons. The van der Waals surface area contributed by atoms with Gasteiger partial charge in [-0.1, -0.05) is 19.6 Å². The number of anilines is 1. The van der Waals surface area contributed by atoms with Crippen molar-refractivity contribution in [2.24, 2.45) is 0 Å². The molecule has 0 saturated carbocycles. The van der Waals surface area contributed by atoms with Gasteiger partial charge in [0.25, 0.3) is 0 Å². The molecule has 1 heterocycles. The van der Waals surface area contributed by atoms with Crippen molar-refractivity contribution in [1.29, 1.82) is 0 Å². The topological polar surface area (TPSA) is 56.2 Å². The van der Waals surface area contributed by atoms with Gasteiger partial charge in [0.15, 0.2) is 0 Å². The fourth-order valence-corrected chi connectivity index (χ4v) is 2.01. The summed E-state index contributed by atoms with van der Waals surface area (Å²) in [5.74, 6) is 0.569. The fourth-order valence-electron chi connectivity index (χ4n) is 1.25. The van der Waals surface area contributed by atoms with E-state index >= 15 is 0 Å². The van der Waals surface area contributed by atoms with E-state index in [1.54, 1.807) is 17.1 Å². The molecule has 0 atom stereocenters. The molecule has 0 aliphatic rings. The Kier molecular flexibility index (Phi) is 4.89. The number of hydrogen-bond donors (Lipinski definition) is 1. The number of nitrogens with zero attached hydrogens (tertiary/aromatic N) is 2. The van der Waals surface area contributed by atoms with Gasteiger partial charge in [-0.3, -0.25) is 9.36 Å². The van der Waals surface area contributed by atoms with Crippen molar-refractivity contribution in [1.82, 2.24) is 9.55 Å². The van der Waals surface area contributed by atoms with Gasteiger partial charge in [0.2, 0.25) is 5.91 Å². The number of hydrogen-bond acceptors (Lipinski definition) is 3. The van der Waals surface area contributed by atoms with E-state index in [4.69, 9.17) is 4.74 Å². The molecular formula is C11H21N3O2Si. The minimum Gasteiger partial charge on any atom is -0.361 e. The van der Waals surface area contributed by atoms with Crippen molar-refractivity contribution < 1.29 is 9.53 Å². The Bertz CT molecular complexity index is 371. The second-order valence-electron chi connectivity index (χ2n) is 5.28. The lowest BCUT2D eigenvalue weighted by atomic mass is 10.6. The molecule has 1 aromatic heterocycles. The van der Waals surface area contributed by atoms with Crippen LogP contribution >= 0.6 is 0 Å². The van der Waals surface area contributed by atoms with Crippen LogP contribution in [0.15, 0.2) is 12.5 Å². The molecule has 0 spiro atoms. The first-order valence-electron chi connectivity index (χ1n) is 5.74. The third kappa shape index (κ3) is 5.65. The third-order valence-corrected chi connectivity index (χ3v) is 3.95. The summed E-state index contributed by atoms with van der Waals surface area (Å²) in [5.41, 5.74) is 0. The predicted molar refractivity (Wildman–Crippen MR) is 70.6 cm³/mol. The number of carbonyl (C=O) groups excluding carboxylic acids is 1. The molecule has 6 heteroatoms. The minimum absolute atomic E-state index is 0.103. The zero-order valence-corrected chi connectivity index (χ0v) is 12.0. The van der Waals surface area contributed by atoms with Crippen LogP contribution in [0.1, 0.15) is 6.92 Å². The van der Waals surface area contributed by atoms with E-state index in [0.717, 1.165) is 12.7 Å². The monoisotopic (exact) mass is 255 g/mol. The van der Waals surface area contributed by atoms with Gasteiger partial charge in [0.1, 0.15) is 12.5 Å². The molecule has 0 unspecified atom stereocenters. The van der Waals surface area contributed by atoms with Crippen LogP contribution in [0.2, 0.25) is 25.7 Å². The van der Waals surface area contributed by atoms with Crippen LogP contribution in [-0.4, -0.2) is 30.1 Å². The van der Waals surface area contributed by atoms with Crippen molar-refractivity contribution in [3.8, 4) is 0 Å². The van der Waals surface area contributed by atoms with Crippen LogP contribution in [-0.2, 0) is 16.3 Å². The van der Waals surface area contributed by atoms with Gasteiger partial charge in [-0.15, -0.1) is 0 Å².